The lowest BCUT2D eigenvalue weighted by Gasteiger charge is -2.13. The molecule has 2 nitrogen and oxygen atoms in total. The van der Waals surface area contributed by atoms with Crippen molar-refractivity contribution in [2.75, 3.05) is 11.9 Å². The van der Waals surface area contributed by atoms with E-state index in [2.05, 4.69) is 5.32 Å². The van der Waals surface area contributed by atoms with Crippen LogP contribution in [0.4, 0.5) is 10.1 Å². The van der Waals surface area contributed by atoms with Gasteiger partial charge in [-0.1, -0.05) is 0 Å². The lowest BCUT2D eigenvalue weighted by molar-refractivity contribution is 0.623. The van der Waals surface area contributed by atoms with Crippen LogP contribution in [0.3, 0.4) is 0 Å². The van der Waals surface area contributed by atoms with Crippen LogP contribution in [0.25, 0.3) is 0 Å². The summed E-state index contributed by atoms with van der Waals surface area (Å²) in [4.78, 5) is 0.785. The van der Waals surface area contributed by atoms with E-state index < -0.39 is 0 Å². The molecule has 1 aliphatic rings. The maximum absolute atomic E-state index is 13.1. The Balaban J connectivity index is 2.17. The van der Waals surface area contributed by atoms with E-state index in [4.69, 9.17) is 5.14 Å². The van der Waals surface area contributed by atoms with Crippen LogP contribution in [0.1, 0.15) is 18.4 Å². The summed E-state index contributed by atoms with van der Waals surface area (Å²) in [6, 6.07) is 3.02. The predicted octanol–water partition coefficient (Wildman–Crippen LogP) is 2.92. The Kier molecular flexibility index (Phi) is 3.17. The first kappa shape index (κ1) is 10.8. The molecule has 1 aromatic rings. The number of aryl methyl sites for hydroxylation is 1. The van der Waals surface area contributed by atoms with Gasteiger partial charge in [-0.2, -0.15) is 0 Å². The van der Waals surface area contributed by atoms with E-state index in [1.165, 1.54) is 25.0 Å². The zero-order valence-corrected chi connectivity index (χ0v) is 9.53. The quantitative estimate of drug-likeness (QED) is 0.775. The van der Waals surface area contributed by atoms with Crippen LogP contribution in [0.15, 0.2) is 17.0 Å². The number of anilines is 1. The predicted molar refractivity (Wildman–Crippen MR) is 62.4 cm³/mol. The number of rotatable bonds is 4. The minimum atomic E-state index is -0.225. The lowest BCUT2D eigenvalue weighted by atomic mass is 10.2. The average Bonchev–Trinajstić information content (AvgIpc) is 2.99. The van der Waals surface area contributed by atoms with Crippen LogP contribution in [-0.4, -0.2) is 6.54 Å². The fraction of sp³-hybridized carbons (Fsp3) is 0.455. The normalized spacial score (nSPS) is 15.4. The van der Waals surface area contributed by atoms with Crippen molar-refractivity contribution < 1.29 is 4.39 Å². The highest BCUT2D eigenvalue weighted by Crippen LogP contribution is 2.32. The molecule has 3 N–H and O–H groups in total. The van der Waals surface area contributed by atoms with Gasteiger partial charge in [-0.25, -0.2) is 4.39 Å². The maximum Gasteiger partial charge on any atom is 0.124 e. The van der Waals surface area contributed by atoms with Crippen LogP contribution in [0.5, 0.6) is 0 Å². The molecule has 4 heteroatoms. The third kappa shape index (κ3) is 2.63. The Morgan fingerprint density at radius 3 is 2.87 bits per heavy atom. The molecule has 0 amide bonds. The van der Waals surface area contributed by atoms with Crippen molar-refractivity contribution in [1.29, 1.82) is 0 Å². The fourth-order valence-corrected chi connectivity index (χ4v) is 2.13. The monoisotopic (exact) mass is 226 g/mol. The first-order valence-corrected chi connectivity index (χ1v) is 5.99. The molecule has 1 saturated carbocycles. The van der Waals surface area contributed by atoms with Gasteiger partial charge < -0.3 is 5.32 Å². The second-order valence-electron chi connectivity index (χ2n) is 4.04. The van der Waals surface area contributed by atoms with E-state index in [1.807, 2.05) is 6.92 Å². The summed E-state index contributed by atoms with van der Waals surface area (Å²) >= 11 is 1.09. The highest BCUT2D eigenvalue weighted by atomic mass is 32.2. The molecule has 15 heavy (non-hydrogen) atoms. The van der Waals surface area contributed by atoms with Crippen LogP contribution < -0.4 is 10.5 Å². The average molecular weight is 226 g/mol. The summed E-state index contributed by atoms with van der Waals surface area (Å²) in [6.45, 7) is 2.87. The van der Waals surface area contributed by atoms with Crippen LogP contribution in [0, 0.1) is 18.7 Å². The van der Waals surface area contributed by atoms with E-state index in [0.717, 1.165) is 40.6 Å². The summed E-state index contributed by atoms with van der Waals surface area (Å²) in [5, 5.41) is 8.87. The molecule has 1 aromatic carbocycles. The van der Waals surface area contributed by atoms with Gasteiger partial charge >= 0.3 is 0 Å². The van der Waals surface area contributed by atoms with Crippen molar-refractivity contribution in [1.82, 2.24) is 0 Å². The van der Waals surface area contributed by atoms with Crippen molar-refractivity contribution in [2.24, 2.45) is 11.1 Å². The van der Waals surface area contributed by atoms with Crippen LogP contribution in [-0.2, 0) is 0 Å². The molecule has 0 spiro atoms. The minimum absolute atomic E-state index is 0.225. The molecule has 82 valence electrons. The zero-order chi connectivity index (χ0) is 10.8. The number of hydrogen-bond donors (Lipinski definition) is 2. The Hall–Kier alpha value is -0.740. The Bertz CT molecular complexity index is 364. The second kappa shape index (κ2) is 4.41. The molecule has 0 saturated heterocycles. The van der Waals surface area contributed by atoms with Gasteiger partial charge in [0, 0.05) is 11.4 Å². The lowest BCUT2D eigenvalue weighted by Crippen LogP contribution is -2.06. The first-order valence-electron chi connectivity index (χ1n) is 5.11. The topological polar surface area (TPSA) is 38.0 Å². The van der Waals surface area contributed by atoms with Gasteiger partial charge in [-0.3, -0.25) is 5.14 Å². The van der Waals surface area contributed by atoms with E-state index in [9.17, 15) is 4.39 Å². The summed E-state index contributed by atoms with van der Waals surface area (Å²) in [6.07, 6.45) is 2.61. The van der Waals surface area contributed by atoms with Gasteiger partial charge in [-0.15, -0.1) is 0 Å². The Labute approximate surface area is 93.6 Å². The standard InChI is InChI=1S/C11H15FN2S/c1-7-4-9(12)5-10(15-13)11(7)14-6-8-2-3-8/h4-5,8,14H,2-3,6,13H2,1H3. The van der Waals surface area contributed by atoms with Gasteiger partial charge in [0.05, 0.1) is 5.69 Å². The van der Waals surface area contributed by atoms with Crippen LogP contribution >= 0.6 is 11.9 Å². The number of nitrogens with two attached hydrogens (primary N) is 1. The summed E-state index contributed by atoms with van der Waals surface area (Å²) < 4.78 is 13.1. The summed E-state index contributed by atoms with van der Waals surface area (Å²) in [5.41, 5.74) is 1.90. The number of nitrogens with one attached hydrogen (secondary N) is 1. The second-order valence-corrected chi connectivity index (χ2v) is 4.71. The van der Waals surface area contributed by atoms with Gasteiger partial charge in [0.2, 0.25) is 0 Å². The zero-order valence-electron chi connectivity index (χ0n) is 8.72. The Morgan fingerprint density at radius 2 is 2.27 bits per heavy atom. The maximum atomic E-state index is 13.1. The molecule has 1 fully saturated rings. The highest BCUT2D eigenvalue weighted by Gasteiger charge is 2.21. The summed E-state index contributed by atoms with van der Waals surface area (Å²) in [5.74, 6) is 0.572. The highest BCUT2D eigenvalue weighted by molar-refractivity contribution is 7.97. The van der Waals surface area contributed by atoms with E-state index in [-0.39, 0.29) is 5.82 Å². The van der Waals surface area contributed by atoms with Gasteiger partial charge in [0.15, 0.2) is 0 Å². The molecule has 0 aromatic heterocycles. The fourth-order valence-electron chi connectivity index (χ4n) is 1.60. The van der Waals surface area contributed by atoms with Gasteiger partial charge in [0.25, 0.3) is 0 Å². The minimum Gasteiger partial charge on any atom is -0.384 e. The molecule has 0 aliphatic heterocycles. The molecule has 0 heterocycles. The molecule has 0 unspecified atom stereocenters. The summed E-state index contributed by atoms with van der Waals surface area (Å²) in [7, 11) is 0. The van der Waals surface area contributed by atoms with Crippen molar-refractivity contribution in [3.05, 3.63) is 23.5 Å². The molecular formula is C11H15FN2S. The number of benzene rings is 1. The van der Waals surface area contributed by atoms with Gasteiger partial charge in [-0.05, 0) is 55.3 Å². The largest absolute Gasteiger partial charge is 0.384 e. The van der Waals surface area contributed by atoms with Gasteiger partial charge in [0.1, 0.15) is 5.82 Å². The Morgan fingerprint density at radius 1 is 1.53 bits per heavy atom. The third-order valence-corrected chi connectivity index (χ3v) is 3.23. The molecule has 2 rings (SSSR count). The van der Waals surface area contributed by atoms with Crippen molar-refractivity contribution in [3.8, 4) is 0 Å². The smallest absolute Gasteiger partial charge is 0.124 e. The number of hydrogen-bond acceptors (Lipinski definition) is 3. The van der Waals surface area contributed by atoms with Crippen molar-refractivity contribution in [2.45, 2.75) is 24.7 Å². The first-order chi connectivity index (χ1) is 7.20. The van der Waals surface area contributed by atoms with E-state index >= 15 is 0 Å². The third-order valence-electron chi connectivity index (χ3n) is 2.66. The van der Waals surface area contributed by atoms with E-state index in [0.29, 0.717) is 0 Å². The van der Waals surface area contributed by atoms with Crippen molar-refractivity contribution >= 4 is 17.6 Å². The molecule has 0 bridgehead atoms. The van der Waals surface area contributed by atoms with Crippen molar-refractivity contribution in [3.63, 3.8) is 0 Å². The van der Waals surface area contributed by atoms with Crippen LogP contribution in [0.2, 0.25) is 0 Å². The molecule has 0 atom stereocenters. The number of halogens is 1. The molecular weight excluding hydrogens is 211 g/mol. The molecule has 1 aliphatic carbocycles. The SMILES string of the molecule is Cc1cc(F)cc(SN)c1NCC1CC1. The molecule has 0 radical (unpaired) electrons. The van der Waals surface area contributed by atoms with E-state index in [1.54, 1.807) is 0 Å².